The molecule has 1 N–H and O–H groups in total. The number of carbonyl (C=O) groups is 1. The second-order valence-corrected chi connectivity index (χ2v) is 10.7. The van der Waals surface area contributed by atoms with E-state index in [1.165, 1.54) is 24.4 Å². The number of carbonyl (C=O) groups excluding carboxylic acids is 1. The summed E-state index contributed by atoms with van der Waals surface area (Å²) in [6.45, 7) is 0. The van der Waals surface area contributed by atoms with Gasteiger partial charge in [0.05, 0.1) is 32.2 Å². The van der Waals surface area contributed by atoms with Crippen molar-refractivity contribution in [2.75, 3.05) is 16.8 Å². The average molecular weight is 415 g/mol. The predicted molar refractivity (Wildman–Crippen MR) is 97.9 cm³/mol. The molecule has 1 unspecified atom stereocenters. The first-order valence-electron chi connectivity index (χ1n) is 7.65. The van der Waals surface area contributed by atoms with Gasteiger partial charge in [-0.2, -0.15) is 0 Å². The maximum atomic E-state index is 12.7. The highest BCUT2D eigenvalue weighted by atomic mass is 35.5. The van der Waals surface area contributed by atoms with E-state index in [1.54, 1.807) is 18.2 Å². The second-order valence-electron chi connectivity index (χ2n) is 5.88. The van der Waals surface area contributed by atoms with Gasteiger partial charge in [-0.1, -0.05) is 17.7 Å². The number of pyridine rings is 1. The van der Waals surface area contributed by atoms with Gasteiger partial charge in [0, 0.05) is 6.20 Å². The van der Waals surface area contributed by atoms with Crippen molar-refractivity contribution in [2.24, 2.45) is 0 Å². The molecule has 3 rings (SSSR count). The molecule has 0 radical (unpaired) electrons. The van der Waals surface area contributed by atoms with Crippen molar-refractivity contribution >= 4 is 43.0 Å². The average Bonchev–Trinajstić information content (AvgIpc) is 2.96. The number of hydrogen-bond acceptors (Lipinski definition) is 6. The predicted octanol–water partition coefficient (Wildman–Crippen LogP) is 1.95. The van der Waals surface area contributed by atoms with E-state index in [9.17, 15) is 21.6 Å². The first-order valence-corrected chi connectivity index (χ1v) is 11.4. The van der Waals surface area contributed by atoms with E-state index in [4.69, 9.17) is 11.6 Å². The zero-order chi connectivity index (χ0) is 18.9. The number of anilines is 1. The first-order chi connectivity index (χ1) is 12.2. The molecule has 1 fully saturated rings. The van der Waals surface area contributed by atoms with Crippen molar-refractivity contribution < 1.29 is 21.6 Å². The third-order valence-electron chi connectivity index (χ3n) is 4.05. The third kappa shape index (κ3) is 3.89. The highest BCUT2D eigenvalue weighted by Gasteiger charge is 2.38. The monoisotopic (exact) mass is 414 g/mol. The molecule has 1 aliphatic heterocycles. The number of sulfone groups is 2. The molecule has 1 saturated heterocycles. The van der Waals surface area contributed by atoms with Crippen LogP contribution in [0.15, 0.2) is 47.5 Å². The molecule has 10 heteroatoms. The largest absolute Gasteiger partial charge is 0.307 e. The molecule has 0 spiro atoms. The van der Waals surface area contributed by atoms with Crippen LogP contribution in [-0.2, 0) is 19.7 Å². The first kappa shape index (κ1) is 18.8. The summed E-state index contributed by atoms with van der Waals surface area (Å²) in [7, 11) is -7.24. The van der Waals surface area contributed by atoms with Crippen molar-refractivity contribution in [2.45, 2.75) is 16.6 Å². The fourth-order valence-corrected chi connectivity index (χ4v) is 7.26. The van der Waals surface area contributed by atoms with E-state index in [0.29, 0.717) is 5.82 Å². The van der Waals surface area contributed by atoms with Gasteiger partial charge in [0.2, 0.25) is 0 Å². The Balaban J connectivity index is 1.91. The summed E-state index contributed by atoms with van der Waals surface area (Å²) < 4.78 is 48.6. The standard InChI is InChI=1S/C16H15ClN2O5S2/c17-14-5-4-11(26(23,24)12-6-8-25(21,22)10-12)9-13(14)16(20)19-15-3-1-2-7-18-15/h1-5,7,9,12H,6,8,10H2,(H,18,19,20). The summed E-state index contributed by atoms with van der Waals surface area (Å²) in [6.07, 6.45) is 1.54. The maximum absolute atomic E-state index is 12.7. The van der Waals surface area contributed by atoms with Crippen LogP contribution < -0.4 is 5.32 Å². The minimum Gasteiger partial charge on any atom is -0.307 e. The summed E-state index contributed by atoms with van der Waals surface area (Å²) >= 11 is 6.04. The lowest BCUT2D eigenvalue weighted by molar-refractivity contribution is 0.102. The Morgan fingerprint density at radius 3 is 2.62 bits per heavy atom. The number of rotatable bonds is 4. The van der Waals surface area contributed by atoms with Crippen LogP contribution >= 0.6 is 11.6 Å². The lowest BCUT2D eigenvalue weighted by Crippen LogP contribution is -2.23. The van der Waals surface area contributed by atoms with Gasteiger partial charge in [0.1, 0.15) is 5.82 Å². The van der Waals surface area contributed by atoms with Gasteiger partial charge in [0.25, 0.3) is 5.91 Å². The molecule has 2 aromatic rings. The lowest BCUT2D eigenvalue weighted by Gasteiger charge is -2.12. The minimum absolute atomic E-state index is 0.0285. The number of halogens is 1. The molecule has 0 aliphatic carbocycles. The van der Waals surface area contributed by atoms with Crippen molar-refractivity contribution in [1.82, 2.24) is 4.98 Å². The van der Waals surface area contributed by atoms with Crippen LogP contribution in [-0.4, -0.2) is 44.5 Å². The molecule has 26 heavy (non-hydrogen) atoms. The number of hydrogen-bond donors (Lipinski definition) is 1. The highest BCUT2D eigenvalue weighted by Crippen LogP contribution is 2.28. The Bertz CT molecular complexity index is 1050. The molecule has 1 aromatic carbocycles. The normalized spacial score (nSPS) is 19.2. The fraction of sp³-hybridized carbons (Fsp3) is 0.250. The SMILES string of the molecule is O=C(Nc1ccccn1)c1cc(S(=O)(=O)C2CCS(=O)(=O)C2)ccc1Cl. The molecule has 1 aliphatic rings. The minimum atomic E-state index is -3.89. The third-order valence-corrected chi connectivity index (χ3v) is 8.55. The molecule has 0 saturated carbocycles. The van der Waals surface area contributed by atoms with E-state index < -0.39 is 36.6 Å². The van der Waals surface area contributed by atoms with Crippen molar-refractivity contribution in [3.05, 3.63) is 53.2 Å². The Morgan fingerprint density at radius 2 is 2.00 bits per heavy atom. The van der Waals surface area contributed by atoms with E-state index in [-0.39, 0.29) is 27.7 Å². The van der Waals surface area contributed by atoms with Gasteiger partial charge >= 0.3 is 0 Å². The number of nitrogens with zero attached hydrogens (tertiary/aromatic N) is 1. The number of nitrogens with one attached hydrogen (secondary N) is 1. The Morgan fingerprint density at radius 1 is 1.23 bits per heavy atom. The molecular formula is C16H15ClN2O5S2. The molecular weight excluding hydrogens is 400 g/mol. The van der Waals surface area contributed by atoms with Crippen LogP contribution in [0, 0.1) is 0 Å². The van der Waals surface area contributed by atoms with E-state index in [2.05, 4.69) is 10.3 Å². The molecule has 2 heterocycles. The quantitative estimate of drug-likeness (QED) is 0.818. The van der Waals surface area contributed by atoms with Gasteiger partial charge in [0.15, 0.2) is 19.7 Å². The molecule has 1 amide bonds. The maximum Gasteiger partial charge on any atom is 0.258 e. The van der Waals surface area contributed by atoms with Gasteiger partial charge in [-0.05, 0) is 36.8 Å². The van der Waals surface area contributed by atoms with Gasteiger partial charge in [-0.15, -0.1) is 0 Å². The smallest absolute Gasteiger partial charge is 0.258 e. The van der Waals surface area contributed by atoms with E-state index >= 15 is 0 Å². The molecule has 7 nitrogen and oxygen atoms in total. The molecule has 1 aromatic heterocycles. The summed E-state index contributed by atoms with van der Waals surface area (Å²) in [5.74, 6) is -0.876. The molecule has 1 atom stereocenters. The zero-order valence-electron chi connectivity index (χ0n) is 13.4. The van der Waals surface area contributed by atoms with Gasteiger partial charge < -0.3 is 5.32 Å². The Kier molecular flexibility index (Phi) is 5.05. The fourth-order valence-electron chi connectivity index (χ4n) is 2.67. The highest BCUT2D eigenvalue weighted by molar-refractivity contribution is 7.96. The molecule has 138 valence electrons. The van der Waals surface area contributed by atoms with Crippen molar-refractivity contribution in [3.8, 4) is 0 Å². The summed E-state index contributed by atoms with van der Waals surface area (Å²) in [5.41, 5.74) is -0.0285. The van der Waals surface area contributed by atoms with Crippen LogP contribution in [0.4, 0.5) is 5.82 Å². The summed E-state index contributed by atoms with van der Waals surface area (Å²) in [4.78, 5) is 16.2. The lowest BCUT2D eigenvalue weighted by atomic mass is 10.2. The van der Waals surface area contributed by atoms with E-state index in [1.807, 2.05) is 0 Å². The van der Waals surface area contributed by atoms with Crippen molar-refractivity contribution in [3.63, 3.8) is 0 Å². The Hall–Kier alpha value is -1.97. The van der Waals surface area contributed by atoms with Gasteiger partial charge in [-0.3, -0.25) is 4.79 Å². The van der Waals surface area contributed by atoms with Crippen LogP contribution in [0.2, 0.25) is 5.02 Å². The number of benzene rings is 1. The number of aromatic nitrogens is 1. The van der Waals surface area contributed by atoms with Crippen molar-refractivity contribution in [1.29, 1.82) is 0 Å². The summed E-state index contributed by atoms with van der Waals surface area (Å²) in [6, 6.07) is 8.71. The topological polar surface area (TPSA) is 110 Å². The van der Waals surface area contributed by atoms with Crippen LogP contribution in [0.25, 0.3) is 0 Å². The zero-order valence-corrected chi connectivity index (χ0v) is 15.8. The Labute approximate surface area is 156 Å². The van der Waals surface area contributed by atoms with Crippen LogP contribution in [0.1, 0.15) is 16.8 Å². The van der Waals surface area contributed by atoms with Gasteiger partial charge in [-0.25, -0.2) is 21.8 Å². The molecule has 0 bridgehead atoms. The van der Waals surface area contributed by atoms with E-state index in [0.717, 1.165) is 0 Å². The second kappa shape index (κ2) is 6.98. The van der Waals surface area contributed by atoms with Crippen LogP contribution in [0.5, 0.6) is 0 Å². The number of amides is 1. The summed E-state index contributed by atoms with van der Waals surface area (Å²) in [5, 5.41) is 1.60. The van der Waals surface area contributed by atoms with Crippen LogP contribution in [0.3, 0.4) is 0 Å².